The summed E-state index contributed by atoms with van der Waals surface area (Å²) in [5.41, 5.74) is 2.28. The summed E-state index contributed by atoms with van der Waals surface area (Å²) in [6.45, 7) is 7.88. The molecule has 0 amide bonds. The highest BCUT2D eigenvalue weighted by molar-refractivity contribution is 5.66. The Morgan fingerprint density at radius 2 is 1.82 bits per heavy atom. The molecule has 0 bridgehead atoms. The molecule has 0 atom stereocenters. The molecule has 17 heavy (non-hydrogen) atoms. The number of nitrogens with zero attached hydrogens (tertiary/aromatic N) is 2. The van der Waals surface area contributed by atoms with Gasteiger partial charge in [-0.15, -0.1) is 0 Å². The molecule has 2 rings (SSSR count). The number of hydrogen-bond donors (Lipinski definition) is 0. The second-order valence-electron chi connectivity index (χ2n) is 4.64. The van der Waals surface area contributed by atoms with E-state index in [0.717, 1.165) is 32.0 Å². The summed E-state index contributed by atoms with van der Waals surface area (Å²) in [4.78, 5) is 6.77. The Morgan fingerprint density at radius 1 is 1.18 bits per heavy atom. The van der Waals surface area contributed by atoms with Crippen LogP contribution in [0, 0.1) is 5.92 Å². The Morgan fingerprint density at radius 3 is 2.41 bits per heavy atom. The van der Waals surface area contributed by atoms with E-state index in [1.807, 2.05) is 6.21 Å². The van der Waals surface area contributed by atoms with Crippen LogP contribution < -0.4 is 4.90 Å². The number of benzene rings is 1. The van der Waals surface area contributed by atoms with Crippen LogP contribution in [0.15, 0.2) is 29.3 Å². The molecule has 1 aromatic carbocycles. The van der Waals surface area contributed by atoms with Gasteiger partial charge in [0.1, 0.15) is 0 Å². The molecule has 0 aromatic heterocycles. The van der Waals surface area contributed by atoms with Crippen LogP contribution in [-0.2, 0) is 4.74 Å². The highest BCUT2D eigenvalue weighted by atomic mass is 16.5. The summed E-state index contributed by atoms with van der Waals surface area (Å²) in [5.74, 6) is 0.494. The van der Waals surface area contributed by atoms with Gasteiger partial charge in [0.2, 0.25) is 0 Å². The third kappa shape index (κ3) is 3.56. The Hall–Kier alpha value is -1.35. The Bertz CT molecular complexity index is 364. The minimum Gasteiger partial charge on any atom is -0.378 e. The average Bonchev–Trinajstić information content (AvgIpc) is 2.38. The molecule has 0 aliphatic carbocycles. The van der Waals surface area contributed by atoms with Gasteiger partial charge in [0.05, 0.1) is 18.9 Å². The van der Waals surface area contributed by atoms with Gasteiger partial charge in [-0.2, -0.15) is 0 Å². The first-order chi connectivity index (χ1) is 8.25. The topological polar surface area (TPSA) is 24.8 Å². The maximum absolute atomic E-state index is 5.34. The fraction of sp³-hybridized carbons (Fsp3) is 0.500. The van der Waals surface area contributed by atoms with Gasteiger partial charge >= 0.3 is 0 Å². The van der Waals surface area contributed by atoms with Gasteiger partial charge in [-0.05, 0) is 30.2 Å². The summed E-state index contributed by atoms with van der Waals surface area (Å²) in [6, 6.07) is 8.42. The molecule has 1 heterocycles. The van der Waals surface area contributed by atoms with Crippen molar-refractivity contribution in [1.82, 2.24) is 0 Å². The van der Waals surface area contributed by atoms with Crippen molar-refractivity contribution in [2.75, 3.05) is 31.2 Å². The molecule has 0 unspecified atom stereocenters. The van der Waals surface area contributed by atoms with Crippen molar-refractivity contribution in [3.8, 4) is 0 Å². The van der Waals surface area contributed by atoms with Gasteiger partial charge in [-0.3, -0.25) is 4.99 Å². The van der Waals surface area contributed by atoms with E-state index in [9.17, 15) is 0 Å². The summed E-state index contributed by atoms with van der Waals surface area (Å²) >= 11 is 0. The van der Waals surface area contributed by atoms with Crippen molar-refractivity contribution in [2.24, 2.45) is 10.9 Å². The molecular formula is C14H20N2O. The first-order valence-electron chi connectivity index (χ1n) is 6.22. The second-order valence-corrected chi connectivity index (χ2v) is 4.64. The zero-order valence-electron chi connectivity index (χ0n) is 10.6. The molecule has 1 fully saturated rings. The Kier molecular flexibility index (Phi) is 4.15. The van der Waals surface area contributed by atoms with E-state index < -0.39 is 0 Å². The van der Waals surface area contributed by atoms with E-state index in [0.29, 0.717) is 5.92 Å². The van der Waals surface area contributed by atoms with E-state index in [4.69, 9.17) is 4.74 Å². The Balaban J connectivity index is 2.01. The van der Waals surface area contributed by atoms with Crippen molar-refractivity contribution >= 4 is 17.6 Å². The highest BCUT2D eigenvalue weighted by Gasteiger charge is 2.10. The highest BCUT2D eigenvalue weighted by Crippen LogP contribution is 2.20. The fourth-order valence-electron chi connectivity index (χ4n) is 1.81. The number of ether oxygens (including phenoxy) is 1. The van der Waals surface area contributed by atoms with Gasteiger partial charge in [0.25, 0.3) is 0 Å². The molecule has 1 aliphatic rings. The summed E-state index contributed by atoms with van der Waals surface area (Å²) in [6.07, 6.45) is 1.98. The lowest BCUT2D eigenvalue weighted by molar-refractivity contribution is 0.122. The van der Waals surface area contributed by atoms with Crippen molar-refractivity contribution in [2.45, 2.75) is 13.8 Å². The van der Waals surface area contributed by atoms with Gasteiger partial charge in [-0.25, -0.2) is 0 Å². The van der Waals surface area contributed by atoms with Crippen LogP contribution in [0.5, 0.6) is 0 Å². The van der Waals surface area contributed by atoms with Crippen LogP contribution in [0.1, 0.15) is 13.8 Å². The first-order valence-corrected chi connectivity index (χ1v) is 6.22. The predicted octanol–water partition coefficient (Wildman–Crippen LogP) is 2.88. The molecular weight excluding hydrogens is 212 g/mol. The molecule has 3 nitrogen and oxygen atoms in total. The number of morpholine rings is 1. The van der Waals surface area contributed by atoms with E-state index in [1.54, 1.807) is 0 Å². The SMILES string of the molecule is CC(C)C=Nc1ccc(N2CCOCC2)cc1. The van der Waals surface area contributed by atoms with Crippen LogP contribution in [0.2, 0.25) is 0 Å². The molecule has 1 saturated heterocycles. The van der Waals surface area contributed by atoms with Crippen molar-refractivity contribution < 1.29 is 4.74 Å². The number of hydrogen-bond acceptors (Lipinski definition) is 3. The third-order valence-corrected chi connectivity index (χ3v) is 2.75. The van der Waals surface area contributed by atoms with Crippen molar-refractivity contribution in [3.05, 3.63) is 24.3 Å². The maximum atomic E-state index is 5.34. The minimum atomic E-state index is 0.494. The van der Waals surface area contributed by atoms with Crippen molar-refractivity contribution in [1.29, 1.82) is 0 Å². The van der Waals surface area contributed by atoms with Gasteiger partial charge in [0.15, 0.2) is 0 Å². The lowest BCUT2D eigenvalue weighted by Crippen LogP contribution is -2.36. The van der Waals surface area contributed by atoms with Crippen LogP contribution in [0.4, 0.5) is 11.4 Å². The average molecular weight is 232 g/mol. The molecule has 0 spiro atoms. The number of rotatable bonds is 3. The van der Waals surface area contributed by atoms with Crippen LogP contribution in [0.3, 0.4) is 0 Å². The minimum absolute atomic E-state index is 0.494. The third-order valence-electron chi connectivity index (χ3n) is 2.75. The van der Waals surface area contributed by atoms with E-state index >= 15 is 0 Å². The van der Waals surface area contributed by atoms with E-state index in [2.05, 4.69) is 48.0 Å². The van der Waals surface area contributed by atoms with E-state index in [1.165, 1.54) is 5.69 Å². The van der Waals surface area contributed by atoms with Crippen molar-refractivity contribution in [3.63, 3.8) is 0 Å². The lowest BCUT2D eigenvalue weighted by Gasteiger charge is -2.28. The second kappa shape index (κ2) is 5.82. The van der Waals surface area contributed by atoms with Crippen LogP contribution >= 0.6 is 0 Å². The fourth-order valence-corrected chi connectivity index (χ4v) is 1.81. The van der Waals surface area contributed by atoms with E-state index in [-0.39, 0.29) is 0 Å². The lowest BCUT2D eigenvalue weighted by atomic mass is 10.2. The monoisotopic (exact) mass is 232 g/mol. The van der Waals surface area contributed by atoms with Crippen LogP contribution in [0.25, 0.3) is 0 Å². The largest absolute Gasteiger partial charge is 0.378 e. The van der Waals surface area contributed by atoms with Gasteiger partial charge in [-0.1, -0.05) is 13.8 Å². The zero-order chi connectivity index (χ0) is 12.1. The quantitative estimate of drug-likeness (QED) is 0.749. The summed E-state index contributed by atoms with van der Waals surface area (Å²) in [5, 5.41) is 0. The normalized spacial score (nSPS) is 17.0. The Labute approximate surface area is 103 Å². The molecule has 92 valence electrons. The molecule has 1 aliphatic heterocycles. The molecule has 0 saturated carbocycles. The summed E-state index contributed by atoms with van der Waals surface area (Å²) in [7, 11) is 0. The molecule has 0 N–H and O–H groups in total. The maximum Gasteiger partial charge on any atom is 0.0642 e. The smallest absolute Gasteiger partial charge is 0.0642 e. The number of anilines is 1. The van der Waals surface area contributed by atoms with Crippen LogP contribution in [-0.4, -0.2) is 32.5 Å². The zero-order valence-corrected chi connectivity index (χ0v) is 10.6. The molecule has 1 aromatic rings. The molecule has 0 radical (unpaired) electrons. The molecule has 3 heteroatoms. The predicted molar refractivity (Wildman–Crippen MR) is 72.5 cm³/mol. The standard InChI is InChI=1S/C14H20N2O/c1-12(2)11-15-13-3-5-14(6-4-13)16-7-9-17-10-8-16/h3-6,11-12H,7-10H2,1-2H3. The first kappa shape index (κ1) is 12.1. The summed E-state index contributed by atoms with van der Waals surface area (Å²) < 4.78 is 5.34. The van der Waals surface area contributed by atoms with Gasteiger partial charge < -0.3 is 9.64 Å². The van der Waals surface area contributed by atoms with Gasteiger partial charge in [0, 0.05) is 25.0 Å². The number of aliphatic imine (C=N–C) groups is 1.